The van der Waals surface area contributed by atoms with E-state index in [0.717, 1.165) is 17.7 Å². The normalized spacial score (nSPS) is 11.3. The molecule has 0 saturated heterocycles. The molecule has 0 aliphatic heterocycles. The summed E-state index contributed by atoms with van der Waals surface area (Å²) in [5.41, 5.74) is 1.09. The third-order valence-electron chi connectivity index (χ3n) is 3.21. The van der Waals surface area contributed by atoms with Crippen molar-refractivity contribution in [2.45, 2.75) is 12.8 Å². The van der Waals surface area contributed by atoms with Crippen LogP contribution in [0.25, 0.3) is 16.7 Å². The zero-order valence-electron chi connectivity index (χ0n) is 11.0. The van der Waals surface area contributed by atoms with Crippen LogP contribution in [0, 0.1) is 24.4 Å². The number of aryl methyl sites for hydroxylation is 1. The van der Waals surface area contributed by atoms with Crippen LogP contribution in [0.15, 0.2) is 30.3 Å². The summed E-state index contributed by atoms with van der Waals surface area (Å²) in [4.78, 5) is 4.04. The topological polar surface area (TPSA) is 17.8 Å². The van der Waals surface area contributed by atoms with Crippen LogP contribution < -0.4 is 0 Å². The standard InChI is InChI=1S/C15H10ClF3N2/c1-8-2-3-10(18)12(4-8)21-13-6-9(17)5-11(19)15(13)20-14(21)7-16/h2-6H,7H2,1H3. The molecule has 1 aromatic heterocycles. The maximum atomic E-state index is 14.1. The molecule has 0 unspecified atom stereocenters. The van der Waals surface area contributed by atoms with Crippen LogP contribution >= 0.6 is 11.6 Å². The highest BCUT2D eigenvalue weighted by Gasteiger charge is 2.18. The monoisotopic (exact) mass is 310 g/mol. The number of fused-ring (bicyclic) bond motifs is 1. The maximum absolute atomic E-state index is 14.1. The fourth-order valence-corrected chi connectivity index (χ4v) is 2.48. The van der Waals surface area contributed by atoms with Gasteiger partial charge >= 0.3 is 0 Å². The number of alkyl halides is 1. The van der Waals surface area contributed by atoms with E-state index < -0.39 is 17.5 Å². The molecule has 108 valence electrons. The number of benzene rings is 2. The highest BCUT2D eigenvalue weighted by atomic mass is 35.5. The lowest BCUT2D eigenvalue weighted by molar-refractivity contribution is 0.590. The van der Waals surface area contributed by atoms with Crippen LogP contribution in [0.1, 0.15) is 11.4 Å². The second-order valence-corrected chi connectivity index (χ2v) is 4.97. The van der Waals surface area contributed by atoms with Gasteiger partial charge in [0.1, 0.15) is 23.0 Å². The van der Waals surface area contributed by atoms with Crippen LogP contribution in [-0.2, 0) is 5.88 Å². The fourth-order valence-electron chi connectivity index (χ4n) is 2.30. The van der Waals surface area contributed by atoms with Crippen molar-refractivity contribution in [1.82, 2.24) is 9.55 Å². The Kier molecular flexibility index (Phi) is 3.37. The second kappa shape index (κ2) is 5.07. The Morgan fingerprint density at radius 1 is 1.10 bits per heavy atom. The lowest BCUT2D eigenvalue weighted by atomic mass is 10.2. The lowest BCUT2D eigenvalue weighted by Gasteiger charge is -2.10. The SMILES string of the molecule is Cc1ccc(F)c(-n2c(CCl)nc3c(F)cc(F)cc32)c1. The van der Waals surface area contributed by atoms with Crippen molar-refractivity contribution in [2.24, 2.45) is 0 Å². The lowest BCUT2D eigenvalue weighted by Crippen LogP contribution is -2.02. The number of hydrogen-bond acceptors (Lipinski definition) is 1. The average Bonchev–Trinajstić information content (AvgIpc) is 2.80. The second-order valence-electron chi connectivity index (χ2n) is 4.71. The molecule has 0 radical (unpaired) electrons. The van der Waals surface area contributed by atoms with Crippen molar-refractivity contribution in [3.05, 3.63) is 59.2 Å². The molecular formula is C15H10ClF3N2. The first kappa shape index (κ1) is 13.9. The van der Waals surface area contributed by atoms with Gasteiger partial charge in [-0.1, -0.05) is 6.07 Å². The van der Waals surface area contributed by atoms with Gasteiger partial charge in [-0.25, -0.2) is 18.2 Å². The fraction of sp³-hybridized carbons (Fsp3) is 0.133. The predicted molar refractivity (Wildman–Crippen MR) is 75.2 cm³/mol. The molecule has 0 saturated carbocycles. The summed E-state index contributed by atoms with van der Waals surface area (Å²) < 4.78 is 42.7. The van der Waals surface area contributed by atoms with E-state index in [1.54, 1.807) is 19.1 Å². The molecule has 0 fully saturated rings. The smallest absolute Gasteiger partial charge is 0.153 e. The summed E-state index contributed by atoms with van der Waals surface area (Å²) in [6, 6.07) is 6.34. The quantitative estimate of drug-likeness (QED) is 0.638. The average molecular weight is 311 g/mol. The number of nitrogens with zero attached hydrogens (tertiary/aromatic N) is 2. The number of hydrogen-bond donors (Lipinski definition) is 0. The molecule has 21 heavy (non-hydrogen) atoms. The van der Waals surface area contributed by atoms with Crippen LogP contribution in [0.3, 0.4) is 0 Å². The van der Waals surface area contributed by atoms with E-state index in [2.05, 4.69) is 4.98 Å². The Bertz CT molecular complexity index is 843. The molecule has 0 spiro atoms. The van der Waals surface area contributed by atoms with Gasteiger partial charge in [-0.2, -0.15) is 0 Å². The highest BCUT2D eigenvalue weighted by Crippen LogP contribution is 2.27. The minimum atomic E-state index is -0.803. The van der Waals surface area contributed by atoms with Gasteiger partial charge in [-0.05, 0) is 24.6 Å². The van der Waals surface area contributed by atoms with E-state index in [-0.39, 0.29) is 28.4 Å². The van der Waals surface area contributed by atoms with E-state index in [0.29, 0.717) is 0 Å². The Labute approximate surface area is 123 Å². The third kappa shape index (κ3) is 2.27. The van der Waals surface area contributed by atoms with Crippen molar-refractivity contribution in [3.8, 4) is 5.69 Å². The molecular weight excluding hydrogens is 301 g/mol. The first-order valence-electron chi connectivity index (χ1n) is 6.20. The largest absolute Gasteiger partial charge is 0.292 e. The van der Waals surface area contributed by atoms with Gasteiger partial charge in [0.15, 0.2) is 5.82 Å². The number of halogens is 4. The van der Waals surface area contributed by atoms with Gasteiger partial charge in [0, 0.05) is 12.1 Å². The minimum absolute atomic E-state index is 0.0343. The van der Waals surface area contributed by atoms with Crippen LogP contribution in [0.4, 0.5) is 13.2 Å². The molecule has 2 aromatic carbocycles. The molecule has 3 rings (SSSR count). The van der Waals surface area contributed by atoms with Gasteiger partial charge in [0.2, 0.25) is 0 Å². The van der Waals surface area contributed by atoms with E-state index in [1.165, 1.54) is 10.6 Å². The number of aromatic nitrogens is 2. The van der Waals surface area contributed by atoms with Gasteiger partial charge < -0.3 is 0 Å². The Morgan fingerprint density at radius 2 is 1.86 bits per heavy atom. The van der Waals surface area contributed by atoms with Gasteiger partial charge in [0.25, 0.3) is 0 Å². The summed E-state index contributed by atoms with van der Waals surface area (Å²) in [5.74, 6) is -1.88. The Hall–Kier alpha value is -2.01. The minimum Gasteiger partial charge on any atom is -0.292 e. The third-order valence-corrected chi connectivity index (χ3v) is 3.45. The van der Waals surface area contributed by atoms with Crippen LogP contribution in [0.2, 0.25) is 0 Å². The zero-order chi connectivity index (χ0) is 15.1. The summed E-state index contributed by atoms with van der Waals surface area (Å²) in [6.07, 6.45) is 0. The van der Waals surface area contributed by atoms with Crippen molar-refractivity contribution < 1.29 is 13.2 Å². The molecule has 3 aromatic rings. The van der Waals surface area contributed by atoms with Gasteiger partial charge in [-0.3, -0.25) is 4.57 Å². The summed E-state index contributed by atoms with van der Waals surface area (Å²) in [7, 11) is 0. The molecule has 2 nitrogen and oxygen atoms in total. The highest BCUT2D eigenvalue weighted by molar-refractivity contribution is 6.17. The first-order valence-corrected chi connectivity index (χ1v) is 6.73. The number of rotatable bonds is 2. The summed E-state index contributed by atoms with van der Waals surface area (Å²) in [5, 5.41) is 0. The van der Waals surface area contributed by atoms with Crippen molar-refractivity contribution in [2.75, 3.05) is 0 Å². The molecule has 0 aliphatic carbocycles. The van der Waals surface area contributed by atoms with Crippen LogP contribution in [-0.4, -0.2) is 9.55 Å². The van der Waals surface area contributed by atoms with E-state index in [1.807, 2.05) is 0 Å². The maximum Gasteiger partial charge on any atom is 0.153 e. The van der Waals surface area contributed by atoms with Crippen molar-refractivity contribution in [1.29, 1.82) is 0 Å². The van der Waals surface area contributed by atoms with Crippen molar-refractivity contribution >= 4 is 22.6 Å². The number of imidazole rings is 1. The molecule has 0 amide bonds. The molecule has 6 heteroatoms. The molecule has 1 heterocycles. The van der Waals surface area contributed by atoms with Gasteiger partial charge in [0.05, 0.1) is 17.1 Å². The molecule has 0 N–H and O–H groups in total. The molecule has 0 atom stereocenters. The summed E-state index contributed by atoms with van der Waals surface area (Å²) >= 11 is 5.82. The van der Waals surface area contributed by atoms with E-state index in [9.17, 15) is 13.2 Å². The first-order chi connectivity index (χ1) is 10.0. The molecule has 0 bridgehead atoms. The Morgan fingerprint density at radius 3 is 2.57 bits per heavy atom. The van der Waals surface area contributed by atoms with Crippen LogP contribution in [0.5, 0.6) is 0 Å². The molecule has 0 aliphatic rings. The summed E-state index contributed by atoms with van der Waals surface area (Å²) in [6.45, 7) is 1.80. The Balaban J connectivity index is 2.43. The van der Waals surface area contributed by atoms with E-state index in [4.69, 9.17) is 11.6 Å². The van der Waals surface area contributed by atoms with Crippen molar-refractivity contribution in [3.63, 3.8) is 0 Å². The van der Waals surface area contributed by atoms with Gasteiger partial charge in [-0.15, -0.1) is 11.6 Å². The predicted octanol–water partition coefficient (Wildman–Crippen LogP) is 4.49. The zero-order valence-corrected chi connectivity index (χ0v) is 11.8. The van der Waals surface area contributed by atoms with E-state index >= 15 is 0 Å².